The van der Waals surface area contributed by atoms with Crippen LogP contribution in [-0.4, -0.2) is 24.2 Å². The summed E-state index contributed by atoms with van der Waals surface area (Å²) in [4.78, 5) is 27.8. The summed E-state index contributed by atoms with van der Waals surface area (Å²) in [6.07, 6.45) is 15.2. The smallest absolute Gasteiger partial charge is 0.344 e. The molecule has 1 aromatic carbocycles. The first-order valence-electron chi connectivity index (χ1n) is 13.3. The maximum atomic E-state index is 12.3. The number of hydrogen-bond donors (Lipinski definition) is 0. The van der Waals surface area contributed by atoms with E-state index in [0.29, 0.717) is 24.4 Å². The zero-order chi connectivity index (χ0) is 25.6. The van der Waals surface area contributed by atoms with E-state index in [1.165, 1.54) is 44.9 Å². The molecule has 36 heavy (non-hydrogen) atoms. The lowest BCUT2D eigenvalue weighted by Crippen LogP contribution is -2.12. The molecule has 0 aliphatic heterocycles. The molecule has 2 aromatic heterocycles. The van der Waals surface area contributed by atoms with Crippen LogP contribution in [0.2, 0.25) is 0 Å². The molecule has 0 N–H and O–H groups in total. The predicted molar refractivity (Wildman–Crippen MR) is 143 cm³/mol. The summed E-state index contributed by atoms with van der Waals surface area (Å²) in [5, 5.41) is 0.800. The van der Waals surface area contributed by atoms with Crippen LogP contribution in [0.4, 0.5) is 0 Å². The van der Waals surface area contributed by atoms with E-state index < -0.39 is 0 Å². The first-order chi connectivity index (χ1) is 17.5. The van der Waals surface area contributed by atoms with Crippen LogP contribution in [0.5, 0.6) is 5.75 Å². The highest BCUT2D eigenvalue weighted by atomic mass is 16.5. The molecule has 0 amide bonds. The van der Waals surface area contributed by atoms with Crippen molar-refractivity contribution in [2.75, 3.05) is 13.2 Å². The second kappa shape index (κ2) is 15.1. The van der Waals surface area contributed by atoms with Gasteiger partial charge in [0, 0.05) is 17.8 Å². The molecule has 0 aliphatic rings. The Morgan fingerprint density at radius 3 is 2.11 bits per heavy atom. The summed E-state index contributed by atoms with van der Waals surface area (Å²) in [5.74, 6) is 0.683. The lowest BCUT2D eigenvalue weighted by molar-refractivity contribution is -0.147. The maximum Gasteiger partial charge on any atom is 0.344 e. The maximum absolute atomic E-state index is 12.3. The molecular formula is C30H39NO5. The topological polar surface area (TPSA) is 78.6 Å². The quantitative estimate of drug-likeness (QED) is 0.153. The Balaban J connectivity index is 1.21. The molecule has 0 bridgehead atoms. The van der Waals surface area contributed by atoms with Crippen LogP contribution in [0, 0.1) is 5.92 Å². The van der Waals surface area contributed by atoms with Gasteiger partial charge in [0.2, 0.25) is 0 Å². The zero-order valence-electron chi connectivity index (χ0n) is 21.7. The Labute approximate surface area is 214 Å². The van der Waals surface area contributed by atoms with Crippen molar-refractivity contribution in [2.45, 2.75) is 78.1 Å². The SMILES string of the molecule is CC(C)C(=O)OCCCCCCCCCCCCOc1ccc(-c2cc3cnccc3oc2=O)cc1. The third-order valence-electron chi connectivity index (χ3n) is 6.22. The van der Waals surface area contributed by atoms with Gasteiger partial charge in [-0.3, -0.25) is 9.78 Å². The van der Waals surface area contributed by atoms with E-state index in [0.717, 1.165) is 36.0 Å². The summed E-state index contributed by atoms with van der Waals surface area (Å²) in [5.41, 5.74) is 1.51. The van der Waals surface area contributed by atoms with Crippen molar-refractivity contribution in [1.29, 1.82) is 0 Å². The molecule has 194 valence electrons. The predicted octanol–water partition coefficient (Wildman–Crippen LogP) is 7.33. The fraction of sp³-hybridized carbons (Fsp3) is 0.500. The van der Waals surface area contributed by atoms with Gasteiger partial charge in [-0.1, -0.05) is 77.3 Å². The summed E-state index contributed by atoms with van der Waals surface area (Å²) < 4.78 is 16.5. The first-order valence-corrected chi connectivity index (χ1v) is 13.3. The number of carbonyl (C=O) groups excluding carboxylic acids is 1. The van der Waals surface area contributed by atoms with Gasteiger partial charge in [-0.05, 0) is 42.7 Å². The standard InChI is InChI=1S/C30H39NO5/c1-23(2)29(32)35-20-12-10-8-6-4-3-5-7-9-11-19-34-26-15-13-24(14-16-26)27-21-25-22-31-18-17-28(25)36-30(27)33/h13-18,21-23H,3-12,19-20H2,1-2H3. The first kappa shape index (κ1) is 27.4. The fourth-order valence-corrected chi connectivity index (χ4v) is 4.04. The molecule has 0 atom stereocenters. The Morgan fingerprint density at radius 2 is 1.47 bits per heavy atom. The Hall–Kier alpha value is -3.15. The fourth-order valence-electron chi connectivity index (χ4n) is 4.04. The molecule has 3 aromatic rings. The molecule has 0 fully saturated rings. The van der Waals surface area contributed by atoms with Gasteiger partial charge in [-0.2, -0.15) is 0 Å². The van der Waals surface area contributed by atoms with E-state index in [-0.39, 0.29) is 17.5 Å². The van der Waals surface area contributed by atoms with Gasteiger partial charge in [0.25, 0.3) is 0 Å². The van der Waals surface area contributed by atoms with Crippen LogP contribution in [0.15, 0.2) is 58.0 Å². The van der Waals surface area contributed by atoms with Gasteiger partial charge in [0.15, 0.2) is 0 Å². The molecule has 0 spiro atoms. The second-order valence-electron chi connectivity index (χ2n) is 9.59. The third-order valence-corrected chi connectivity index (χ3v) is 6.22. The molecule has 3 rings (SSSR count). The van der Waals surface area contributed by atoms with Crippen molar-refractivity contribution < 1.29 is 18.7 Å². The van der Waals surface area contributed by atoms with Gasteiger partial charge < -0.3 is 13.9 Å². The van der Waals surface area contributed by atoms with Gasteiger partial charge in [0.1, 0.15) is 11.3 Å². The molecule has 6 heteroatoms. The van der Waals surface area contributed by atoms with E-state index >= 15 is 0 Å². The number of hydrogen-bond acceptors (Lipinski definition) is 6. The second-order valence-corrected chi connectivity index (χ2v) is 9.59. The lowest BCUT2D eigenvalue weighted by atomic mass is 10.1. The molecule has 0 radical (unpaired) electrons. The molecule has 0 saturated heterocycles. The minimum Gasteiger partial charge on any atom is -0.494 e. The van der Waals surface area contributed by atoms with E-state index in [2.05, 4.69) is 4.98 Å². The monoisotopic (exact) mass is 493 g/mol. The summed E-state index contributed by atoms with van der Waals surface area (Å²) in [7, 11) is 0. The number of nitrogens with zero attached hydrogens (tertiary/aromatic N) is 1. The van der Waals surface area contributed by atoms with Crippen LogP contribution in [0.3, 0.4) is 0 Å². The number of pyridine rings is 1. The minimum absolute atomic E-state index is 0.0332. The number of fused-ring (bicyclic) bond motifs is 1. The minimum atomic E-state index is -0.355. The van der Waals surface area contributed by atoms with Crippen molar-refractivity contribution in [3.8, 4) is 16.9 Å². The van der Waals surface area contributed by atoms with Crippen LogP contribution < -0.4 is 10.4 Å². The summed E-state index contributed by atoms with van der Waals surface area (Å²) in [6.45, 7) is 4.99. The van der Waals surface area contributed by atoms with Gasteiger partial charge in [-0.25, -0.2) is 4.79 Å². The van der Waals surface area contributed by atoms with E-state index in [1.54, 1.807) is 18.5 Å². The number of unbranched alkanes of at least 4 members (excludes halogenated alkanes) is 9. The highest BCUT2D eigenvalue weighted by Gasteiger charge is 2.09. The third kappa shape index (κ3) is 9.14. The number of carbonyl (C=O) groups is 1. The van der Waals surface area contributed by atoms with Crippen LogP contribution in [-0.2, 0) is 9.53 Å². The number of rotatable bonds is 16. The molecular weight excluding hydrogens is 454 g/mol. The number of esters is 1. The Bertz CT molecular complexity index is 1120. The van der Waals surface area contributed by atoms with E-state index in [9.17, 15) is 9.59 Å². The Morgan fingerprint density at radius 1 is 0.861 bits per heavy atom. The van der Waals surface area contributed by atoms with Crippen molar-refractivity contribution in [1.82, 2.24) is 4.98 Å². The van der Waals surface area contributed by atoms with Crippen molar-refractivity contribution in [3.05, 3.63) is 59.2 Å². The number of benzene rings is 1. The molecule has 0 unspecified atom stereocenters. The van der Waals surface area contributed by atoms with Crippen LogP contribution in [0.25, 0.3) is 22.1 Å². The van der Waals surface area contributed by atoms with Gasteiger partial charge in [0.05, 0.1) is 24.7 Å². The summed E-state index contributed by atoms with van der Waals surface area (Å²) >= 11 is 0. The Kier molecular flexibility index (Phi) is 11.5. The largest absolute Gasteiger partial charge is 0.494 e. The number of aromatic nitrogens is 1. The molecule has 0 saturated carbocycles. The average molecular weight is 494 g/mol. The molecule has 0 aliphatic carbocycles. The lowest BCUT2D eigenvalue weighted by Gasteiger charge is -2.08. The van der Waals surface area contributed by atoms with Crippen LogP contribution >= 0.6 is 0 Å². The van der Waals surface area contributed by atoms with Gasteiger partial charge in [-0.15, -0.1) is 0 Å². The number of ether oxygens (including phenoxy) is 2. The van der Waals surface area contributed by atoms with E-state index in [4.69, 9.17) is 13.9 Å². The summed E-state index contributed by atoms with van der Waals surface area (Å²) in [6, 6.07) is 11.1. The van der Waals surface area contributed by atoms with Gasteiger partial charge >= 0.3 is 11.6 Å². The highest BCUT2D eigenvalue weighted by Crippen LogP contribution is 2.23. The normalized spacial score (nSPS) is 11.2. The highest BCUT2D eigenvalue weighted by molar-refractivity contribution is 5.80. The molecule has 2 heterocycles. The van der Waals surface area contributed by atoms with Crippen molar-refractivity contribution in [3.63, 3.8) is 0 Å². The zero-order valence-corrected chi connectivity index (χ0v) is 21.7. The van der Waals surface area contributed by atoms with Crippen molar-refractivity contribution >= 4 is 16.9 Å². The van der Waals surface area contributed by atoms with Crippen molar-refractivity contribution in [2.24, 2.45) is 5.92 Å². The average Bonchev–Trinajstić information content (AvgIpc) is 2.88. The van der Waals surface area contributed by atoms with E-state index in [1.807, 2.05) is 44.2 Å². The van der Waals surface area contributed by atoms with Crippen LogP contribution in [0.1, 0.15) is 78.1 Å². The molecule has 6 nitrogen and oxygen atoms in total.